The van der Waals surface area contributed by atoms with Gasteiger partial charge in [-0.25, -0.2) is 8.78 Å². The number of carbonyl (C=O) groups is 1. The number of hydrogen-bond donors (Lipinski definition) is 0. The van der Waals surface area contributed by atoms with Crippen LogP contribution in [0.2, 0.25) is 0 Å². The van der Waals surface area contributed by atoms with Crippen LogP contribution in [-0.2, 0) is 4.74 Å². The Balaban J connectivity index is 2.07. The molecule has 2 aromatic rings. The zero-order valence-corrected chi connectivity index (χ0v) is 10.7. The zero-order chi connectivity index (χ0) is 15.5. The molecule has 0 unspecified atom stereocenters. The van der Waals surface area contributed by atoms with Crippen LogP contribution in [0.5, 0.6) is 0 Å². The zero-order valence-electron chi connectivity index (χ0n) is 10.7. The van der Waals surface area contributed by atoms with Crippen molar-refractivity contribution in [1.29, 1.82) is 0 Å². The minimum Gasteiger partial charge on any atom is -0.367 e. The monoisotopic (exact) mass is 301 g/mol. The molecule has 2 rings (SSSR count). The molecule has 0 aliphatic rings. The van der Waals surface area contributed by atoms with Gasteiger partial charge in [0, 0.05) is 17.1 Å². The van der Waals surface area contributed by atoms with Gasteiger partial charge in [-0.05, 0) is 12.1 Å². The van der Waals surface area contributed by atoms with E-state index in [1.165, 1.54) is 12.3 Å². The lowest BCUT2D eigenvalue weighted by molar-refractivity contribution is -0.163. The number of alkyl halides is 4. The molecule has 0 saturated heterocycles. The standard InChI is InChI=1S/C14H11F4NO2/c15-13(16)14(17,18)8-21-7-11(20)10-5-1-3-9-4-2-6-19-12(9)10/h1-6,13H,7-8H2. The Morgan fingerprint density at radius 2 is 1.95 bits per heavy atom. The first-order valence-corrected chi connectivity index (χ1v) is 6.02. The molecule has 0 aliphatic carbocycles. The average Bonchev–Trinajstić information content (AvgIpc) is 2.46. The summed E-state index contributed by atoms with van der Waals surface area (Å²) in [6, 6.07) is 8.27. The number of halogens is 4. The molecule has 0 radical (unpaired) electrons. The van der Waals surface area contributed by atoms with Crippen LogP contribution in [-0.4, -0.2) is 36.3 Å². The minimum atomic E-state index is -4.27. The largest absolute Gasteiger partial charge is 0.367 e. The first kappa shape index (κ1) is 15.4. The summed E-state index contributed by atoms with van der Waals surface area (Å²) in [4.78, 5) is 16.0. The Hall–Kier alpha value is -2.02. The number of para-hydroxylation sites is 1. The van der Waals surface area contributed by atoms with Crippen LogP contribution >= 0.6 is 0 Å². The third-order valence-corrected chi connectivity index (χ3v) is 2.78. The van der Waals surface area contributed by atoms with Crippen molar-refractivity contribution in [1.82, 2.24) is 4.98 Å². The smallest absolute Gasteiger partial charge is 0.330 e. The number of pyridine rings is 1. The van der Waals surface area contributed by atoms with Crippen molar-refractivity contribution in [3.8, 4) is 0 Å². The molecule has 112 valence electrons. The van der Waals surface area contributed by atoms with E-state index in [0.29, 0.717) is 10.9 Å². The molecule has 0 saturated carbocycles. The molecule has 7 heteroatoms. The summed E-state index contributed by atoms with van der Waals surface area (Å²) < 4.78 is 53.6. The molecule has 3 nitrogen and oxygen atoms in total. The Morgan fingerprint density at radius 3 is 2.67 bits per heavy atom. The van der Waals surface area contributed by atoms with Gasteiger partial charge < -0.3 is 4.74 Å². The van der Waals surface area contributed by atoms with Crippen LogP contribution in [0.25, 0.3) is 10.9 Å². The Bertz CT molecular complexity index is 640. The van der Waals surface area contributed by atoms with Crippen molar-refractivity contribution >= 4 is 16.7 Å². The predicted octanol–water partition coefficient (Wildman–Crippen LogP) is 3.33. The topological polar surface area (TPSA) is 39.2 Å². The summed E-state index contributed by atoms with van der Waals surface area (Å²) in [5.74, 6) is -4.86. The minimum absolute atomic E-state index is 0.202. The van der Waals surface area contributed by atoms with E-state index in [9.17, 15) is 22.4 Å². The van der Waals surface area contributed by atoms with E-state index in [1.807, 2.05) is 0 Å². The molecule has 0 spiro atoms. The van der Waals surface area contributed by atoms with Gasteiger partial charge in [-0.1, -0.05) is 18.2 Å². The second-order valence-corrected chi connectivity index (χ2v) is 4.36. The third kappa shape index (κ3) is 3.55. The van der Waals surface area contributed by atoms with E-state index < -0.39 is 31.3 Å². The fraction of sp³-hybridized carbons (Fsp3) is 0.286. The van der Waals surface area contributed by atoms with Crippen LogP contribution in [0.15, 0.2) is 36.5 Å². The van der Waals surface area contributed by atoms with Gasteiger partial charge in [-0.3, -0.25) is 9.78 Å². The molecular weight excluding hydrogens is 290 g/mol. The lowest BCUT2D eigenvalue weighted by Gasteiger charge is -2.14. The summed E-state index contributed by atoms with van der Waals surface area (Å²) in [6.45, 7) is -2.22. The molecule has 1 heterocycles. The third-order valence-electron chi connectivity index (χ3n) is 2.78. The fourth-order valence-electron chi connectivity index (χ4n) is 1.75. The molecule has 0 fully saturated rings. The molecule has 1 aromatic carbocycles. The maximum Gasteiger partial charge on any atom is 0.330 e. The van der Waals surface area contributed by atoms with Gasteiger partial charge in [0.25, 0.3) is 0 Å². The lowest BCUT2D eigenvalue weighted by atomic mass is 10.1. The van der Waals surface area contributed by atoms with Gasteiger partial charge in [0.1, 0.15) is 13.2 Å². The van der Waals surface area contributed by atoms with Gasteiger partial charge in [0.05, 0.1) is 5.52 Å². The molecule has 1 aromatic heterocycles. The molecule has 0 N–H and O–H groups in total. The van der Waals surface area contributed by atoms with Gasteiger partial charge in [0.15, 0.2) is 5.78 Å². The van der Waals surface area contributed by atoms with Crippen molar-refractivity contribution < 1.29 is 27.1 Å². The highest BCUT2D eigenvalue weighted by Gasteiger charge is 2.41. The van der Waals surface area contributed by atoms with Crippen LogP contribution in [0.4, 0.5) is 17.6 Å². The van der Waals surface area contributed by atoms with Gasteiger partial charge in [0.2, 0.25) is 0 Å². The molecule has 21 heavy (non-hydrogen) atoms. The number of hydrogen-bond acceptors (Lipinski definition) is 3. The van der Waals surface area contributed by atoms with E-state index in [2.05, 4.69) is 9.72 Å². The molecule has 0 amide bonds. The quantitative estimate of drug-likeness (QED) is 0.607. The van der Waals surface area contributed by atoms with Crippen LogP contribution in [0.1, 0.15) is 10.4 Å². The summed E-state index contributed by atoms with van der Waals surface area (Å²) >= 11 is 0. The van der Waals surface area contributed by atoms with E-state index >= 15 is 0 Å². The van der Waals surface area contributed by atoms with E-state index in [1.54, 1.807) is 24.3 Å². The number of fused-ring (bicyclic) bond motifs is 1. The normalized spacial score (nSPS) is 12.0. The first-order chi connectivity index (χ1) is 9.92. The van der Waals surface area contributed by atoms with Crippen LogP contribution in [0, 0.1) is 0 Å². The van der Waals surface area contributed by atoms with Crippen molar-refractivity contribution in [2.24, 2.45) is 0 Å². The Labute approximate surface area is 117 Å². The van der Waals surface area contributed by atoms with Crippen molar-refractivity contribution in [2.45, 2.75) is 12.3 Å². The summed E-state index contributed by atoms with van der Waals surface area (Å²) in [6.07, 6.45) is -2.34. The highest BCUT2D eigenvalue weighted by Crippen LogP contribution is 2.23. The number of rotatable bonds is 6. The second-order valence-electron chi connectivity index (χ2n) is 4.36. The Morgan fingerprint density at radius 1 is 1.24 bits per heavy atom. The SMILES string of the molecule is O=C(COCC(F)(F)C(F)F)c1cccc2cccnc12. The fourth-order valence-corrected chi connectivity index (χ4v) is 1.75. The highest BCUT2D eigenvalue weighted by atomic mass is 19.3. The molecule has 0 bridgehead atoms. The maximum atomic E-state index is 12.7. The van der Waals surface area contributed by atoms with Crippen molar-refractivity contribution in [3.05, 3.63) is 42.1 Å². The number of ketones is 1. The summed E-state index contributed by atoms with van der Waals surface area (Å²) in [5, 5.41) is 0.710. The highest BCUT2D eigenvalue weighted by molar-refractivity contribution is 6.07. The number of ether oxygens (including phenoxy) is 1. The molecular formula is C14H11F4NO2. The van der Waals surface area contributed by atoms with E-state index in [-0.39, 0.29) is 5.56 Å². The number of Topliss-reactive ketones (excluding diaryl/α,β-unsaturated/α-hetero) is 1. The number of nitrogens with zero attached hydrogens (tertiary/aromatic N) is 1. The number of carbonyl (C=O) groups excluding carboxylic acids is 1. The number of aromatic nitrogens is 1. The summed E-state index contributed by atoms with van der Waals surface area (Å²) in [7, 11) is 0. The van der Waals surface area contributed by atoms with Gasteiger partial charge in [-0.2, -0.15) is 8.78 Å². The maximum absolute atomic E-state index is 12.7. The molecule has 0 aliphatic heterocycles. The van der Waals surface area contributed by atoms with E-state index in [4.69, 9.17) is 0 Å². The number of benzene rings is 1. The van der Waals surface area contributed by atoms with Gasteiger partial charge >= 0.3 is 12.3 Å². The Kier molecular flexibility index (Phi) is 4.52. The second kappa shape index (κ2) is 6.17. The average molecular weight is 301 g/mol. The predicted molar refractivity (Wildman–Crippen MR) is 67.8 cm³/mol. The van der Waals surface area contributed by atoms with Crippen LogP contribution < -0.4 is 0 Å². The van der Waals surface area contributed by atoms with Crippen LogP contribution in [0.3, 0.4) is 0 Å². The molecule has 0 atom stereocenters. The lowest BCUT2D eigenvalue weighted by Crippen LogP contribution is -2.33. The van der Waals surface area contributed by atoms with E-state index in [0.717, 1.165) is 0 Å². The van der Waals surface area contributed by atoms with Crippen molar-refractivity contribution in [3.63, 3.8) is 0 Å². The summed E-state index contributed by atoms with van der Waals surface area (Å²) in [5.41, 5.74) is 0.614. The van der Waals surface area contributed by atoms with Crippen molar-refractivity contribution in [2.75, 3.05) is 13.2 Å². The van der Waals surface area contributed by atoms with Gasteiger partial charge in [-0.15, -0.1) is 0 Å². The first-order valence-electron chi connectivity index (χ1n) is 6.02.